The van der Waals surface area contributed by atoms with Crippen LogP contribution in [0.1, 0.15) is 0 Å². The Hall–Kier alpha value is -2.64. The van der Waals surface area contributed by atoms with Crippen molar-refractivity contribution in [2.45, 2.75) is 6.54 Å². The molecule has 0 spiro atoms. The van der Waals surface area contributed by atoms with Gasteiger partial charge in [0.1, 0.15) is 22.9 Å². The molecule has 0 unspecified atom stereocenters. The van der Waals surface area contributed by atoms with Gasteiger partial charge in [0.2, 0.25) is 0 Å². The molecule has 3 N–H and O–H groups in total. The van der Waals surface area contributed by atoms with E-state index in [1.54, 1.807) is 24.3 Å². The molecule has 1 aromatic carbocycles. The first-order valence-electron chi connectivity index (χ1n) is 6.78. The van der Waals surface area contributed by atoms with E-state index in [-0.39, 0.29) is 6.61 Å². The lowest BCUT2D eigenvalue weighted by atomic mass is 10.1. The van der Waals surface area contributed by atoms with Gasteiger partial charge in [-0.1, -0.05) is 23.7 Å². The Labute approximate surface area is 136 Å². The lowest BCUT2D eigenvalue weighted by molar-refractivity contribution is 0.211. The number of halogens is 1. The molecule has 3 aromatic rings. The molecule has 0 aliphatic heterocycles. The average Bonchev–Trinajstić information content (AvgIpc) is 2.88. The highest BCUT2D eigenvalue weighted by Gasteiger charge is 2.15. The van der Waals surface area contributed by atoms with Gasteiger partial charge in [0, 0.05) is 18.3 Å². The van der Waals surface area contributed by atoms with Crippen LogP contribution >= 0.6 is 11.6 Å². The molecular weight excluding hydrogens is 320 g/mol. The lowest BCUT2D eigenvalue weighted by Crippen LogP contribution is -2.16. The summed E-state index contributed by atoms with van der Waals surface area (Å²) in [6.07, 6.45) is 2.37. The van der Waals surface area contributed by atoms with Gasteiger partial charge in [0.25, 0.3) is 0 Å². The van der Waals surface area contributed by atoms with Gasteiger partial charge in [-0.2, -0.15) is 0 Å². The molecule has 2 aromatic heterocycles. The third kappa shape index (κ3) is 2.96. The van der Waals surface area contributed by atoms with Crippen molar-refractivity contribution in [3.05, 3.63) is 41.9 Å². The Bertz CT molecular complexity index is 861. The fraction of sp³-hybridized carbons (Fsp3) is 0.133. The number of aliphatic hydroxyl groups excluding tert-OH is 1. The highest BCUT2D eigenvalue weighted by Crippen LogP contribution is 2.34. The fourth-order valence-electron chi connectivity index (χ4n) is 2.40. The van der Waals surface area contributed by atoms with Crippen molar-refractivity contribution >= 4 is 28.7 Å². The SMILES string of the molecule is NC(=O)Oc1ccc(-c2cn(CCO)c3ncnc(Cl)c23)cc1. The summed E-state index contributed by atoms with van der Waals surface area (Å²) in [6, 6.07) is 6.82. The number of carbonyl (C=O) groups is 1. The van der Waals surface area contributed by atoms with Gasteiger partial charge in [-0.25, -0.2) is 14.8 Å². The van der Waals surface area contributed by atoms with E-state index in [2.05, 4.69) is 9.97 Å². The first-order chi connectivity index (χ1) is 11.1. The van der Waals surface area contributed by atoms with E-state index in [1.165, 1.54) is 6.33 Å². The van der Waals surface area contributed by atoms with Crippen molar-refractivity contribution < 1.29 is 14.6 Å². The Morgan fingerprint density at radius 3 is 2.70 bits per heavy atom. The molecule has 0 bridgehead atoms. The molecule has 2 heterocycles. The van der Waals surface area contributed by atoms with Gasteiger partial charge >= 0.3 is 6.09 Å². The van der Waals surface area contributed by atoms with Crippen LogP contribution in [-0.2, 0) is 6.54 Å². The third-order valence-corrected chi connectivity index (χ3v) is 3.62. The van der Waals surface area contributed by atoms with Gasteiger partial charge in [0.15, 0.2) is 0 Å². The molecular formula is C15H13ClN4O3. The zero-order chi connectivity index (χ0) is 16.4. The minimum absolute atomic E-state index is 0.0176. The van der Waals surface area contributed by atoms with Crippen molar-refractivity contribution in [2.75, 3.05) is 6.61 Å². The van der Waals surface area contributed by atoms with Crippen LogP contribution in [0.15, 0.2) is 36.8 Å². The predicted octanol–water partition coefficient (Wildman–Crippen LogP) is 2.20. The third-order valence-electron chi connectivity index (χ3n) is 3.33. The van der Waals surface area contributed by atoms with E-state index in [0.29, 0.717) is 28.5 Å². The molecule has 0 fully saturated rings. The molecule has 0 saturated carbocycles. The zero-order valence-electron chi connectivity index (χ0n) is 11.9. The highest BCUT2D eigenvalue weighted by molar-refractivity contribution is 6.35. The number of nitrogens with two attached hydrogens (primary N) is 1. The smallest absolute Gasteiger partial charge is 0.409 e. The number of amides is 1. The second-order valence-corrected chi connectivity index (χ2v) is 5.13. The van der Waals surface area contributed by atoms with Gasteiger partial charge in [-0.15, -0.1) is 0 Å². The summed E-state index contributed by atoms with van der Waals surface area (Å²) < 4.78 is 6.62. The molecule has 0 aliphatic rings. The molecule has 7 nitrogen and oxygen atoms in total. The molecule has 1 amide bonds. The number of primary amides is 1. The second-order valence-electron chi connectivity index (χ2n) is 4.77. The topological polar surface area (TPSA) is 103 Å². The van der Waals surface area contributed by atoms with E-state index >= 15 is 0 Å². The average molecular weight is 333 g/mol. The van der Waals surface area contributed by atoms with Crippen LogP contribution in [0.3, 0.4) is 0 Å². The van der Waals surface area contributed by atoms with Crippen LogP contribution in [0.5, 0.6) is 5.75 Å². The molecule has 0 saturated heterocycles. The number of ether oxygens (including phenoxy) is 1. The molecule has 118 valence electrons. The van der Waals surface area contributed by atoms with Crippen LogP contribution < -0.4 is 10.5 Å². The summed E-state index contributed by atoms with van der Waals surface area (Å²) in [7, 11) is 0. The van der Waals surface area contributed by atoms with Crippen LogP contribution in [0, 0.1) is 0 Å². The summed E-state index contributed by atoms with van der Waals surface area (Å²) in [4.78, 5) is 19.0. The fourth-order valence-corrected chi connectivity index (χ4v) is 2.63. The quantitative estimate of drug-likeness (QED) is 0.713. The normalized spacial score (nSPS) is 10.9. The Morgan fingerprint density at radius 2 is 2.04 bits per heavy atom. The van der Waals surface area contributed by atoms with Crippen LogP contribution in [0.2, 0.25) is 5.15 Å². The maximum Gasteiger partial charge on any atom is 0.409 e. The number of hydrogen-bond donors (Lipinski definition) is 2. The Morgan fingerprint density at radius 1 is 1.30 bits per heavy atom. The molecule has 3 rings (SSSR count). The maximum absolute atomic E-state index is 10.8. The molecule has 0 aliphatic carbocycles. The van der Waals surface area contributed by atoms with Crippen LogP contribution in [-0.4, -0.2) is 32.3 Å². The Kier molecular flexibility index (Phi) is 4.14. The van der Waals surface area contributed by atoms with E-state index < -0.39 is 6.09 Å². The minimum Gasteiger partial charge on any atom is -0.411 e. The zero-order valence-corrected chi connectivity index (χ0v) is 12.7. The van der Waals surface area contributed by atoms with Crippen LogP contribution in [0.4, 0.5) is 4.79 Å². The maximum atomic E-state index is 10.8. The van der Waals surface area contributed by atoms with Crippen molar-refractivity contribution in [3.8, 4) is 16.9 Å². The van der Waals surface area contributed by atoms with E-state index in [4.69, 9.17) is 22.1 Å². The van der Waals surface area contributed by atoms with Crippen LogP contribution in [0.25, 0.3) is 22.2 Å². The summed E-state index contributed by atoms with van der Waals surface area (Å²) >= 11 is 6.21. The predicted molar refractivity (Wildman–Crippen MR) is 85.3 cm³/mol. The summed E-state index contributed by atoms with van der Waals surface area (Å²) in [6.45, 7) is 0.378. The van der Waals surface area contributed by atoms with Crippen molar-refractivity contribution in [3.63, 3.8) is 0 Å². The lowest BCUT2D eigenvalue weighted by Gasteiger charge is -2.03. The number of aromatic nitrogens is 3. The molecule has 23 heavy (non-hydrogen) atoms. The monoisotopic (exact) mass is 332 g/mol. The number of fused-ring (bicyclic) bond motifs is 1. The van der Waals surface area contributed by atoms with E-state index in [0.717, 1.165) is 11.1 Å². The number of nitrogens with zero attached hydrogens (tertiary/aromatic N) is 3. The van der Waals surface area contributed by atoms with Crippen molar-refractivity contribution in [2.24, 2.45) is 5.73 Å². The number of carbonyl (C=O) groups excluding carboxylic acids is 1. The van der Waals surface area contributed by atoms with Crippen molar-refractivity contribution in [1.82, 2.24) is 14.5 Å². The van der Waals surface area contributed by atoms with Gasteiger partial charge < -0.3 is 20.1 Å². The van der Waals surface area contributed by atoms with E-state index in [9.17, 15) is 9.90 Å². The molecule has 0 radical (unpaired) electrons. The standard InChI is InChI=1S/C15H13ClN4O3/c16-13-12-11(7-20(5-6-21)14(12)19-8-18-13)9-1-3-10(4-2-9)23-15(17)22/h1-4,7-8,21H,5-6H2,(H2,17,22). The Balaban J connectivity index is 2.10. The van der Waals surface area contributed by atoms with Gasteiger partial charge in [0.05, 0.1) is 12.0 Å². The number of rotatable bonds is 4. The summed E-state index contributed by atoms with van der Waals surface area (Å²) in [5.41, 5.74) is 7.30. The number of aliphatic hydroxyl groups is 1. The second kappa shape index (κ2) is 6.23. The largest absolute Gasteiger partial charge is 0.411 e. The van der Waals surface area contributed by atoms with E-state index in [1.807, 2.05) is 10.8 Å². The first kappa shape index (κ1) is 15.3. The molecule has 8 heteroatoms. The summed E-state index contributed by atoms with van der Waals surface area (Å²) in [5.74, 6) is 0.350. The van der Waals surface area contributed by atoms with Gasteiger partial charge in [-0.3, -0.25) is 0 Å². The molecule has 0 atom stereocenters. The number of hydrogen-bond acceptors (Lipinski definition) is 5. The first-order valence-corrected chi connectivity index (χ1v) is 7.16. The van der Waals surface area contributed by atoms with Gasteiger partial charge in [-0.05, 0) is 17.7 Å². The van der Waals surface area contributed by atoms with Crippen molar-refractivity contribution in [1.29, 1.82) is 0 Å². The minimum atomic E-state index is -0.867. The number of benzene rings is 1. The highest BCUT2D eigenvalue weighted by atomic mass is 35.5. The summed E-state index contributed by atoms with van der Waals surface area (Å²) in [5, 5.41) is 10.2.